The second kappa shape index (κ2) is 5.08. The summed E-state index contributed by atoms with van der Waals surface area (Å²) in [5.74, 6) is 1.98. The molecule has 1 fully saturated rings. The Labute approximate surface area is 115 Å². The minimum absolute atomic E-state index is 0.0239. The zero-order valence-electron chi connectivity index (χ0n) is 8.47. The Morgan fingerprint density at radius 1 is 1.47 bits per heavy atom. The quantitative estimate of drug-likeness (QED) is 0.618. The Kier molecular flexibility index (Phi) is 3.72. The summed E-state index contributed by atoms with van der Waals surface area (Å²) in [7, 11) is 0. The van der Waals surface area contributed by atoms with Crippen molar-refractivity contribution in [2.24, 2.45) is 0 Å². The van der Waals surface area contributed by atoms with Crippen molar-refractivity contribution in [2.75, 3.05) is 6.54 Å². The highest BCUT2D eigenvalue weighted by Gasteiger charge is 2.34. The summed E-state index contributed by atoms with van der Waals surface area (Å²) in [6.45, 7) is 0.0239. The van der Waals surface area contributed by atoms with Crippen LogP contribution in [-0.4, -0.2) is 22.6 Å². The van der Waals surface area contributed by atoms with Gasteiger partial charge in [0.05, 0.1) is 15.2 Å². The zero-order chi connectivity index (χ0) is 12.4. The number of carbonyl (C=O) groups excluding carboxylic acids is 2. The first-order chi connectivity index (χ1) is 8.11. The molecule has 0 aliphatic carbocycles. The van der Waals surface area contributed by atoms with Crippen LogP contribution in [0.4, 0.5) is 4.79 Å². The number of rotatable bonds is 2. The molecule has 0 radical (unpaired) electrons. The van der Waals surface area contributed by atoms with Crippen molar-refractivity contribution in [3.8, 4) is 12.3 Å². The van der Waals surface area contributed by atoms with E-state index in [4.69, 9.17) is 6.42 Å². The maximum atomic E-state index is 11.8. The van der Waals surface area contributed by atoms with Gasteiger partial charge in [-0.15, -0.1) is 17.8 Å². The Morgan fingerprint density at radius 3 is 2.82 bits per heavy atom. The van der Waals surface area contributed by atoms with Gasteiger partial charge in [-0.3, -0.25) is 14.5 Å². The fraction of sp³-hybridized carbons (Fsp3) is 0.0909. The van der Waals surface area contributed by atoms with Crippen molar-refractivity contribution in [3.63, 3.8) is 0 Å². The van der Waals surface area contributed by atoms with Gasteiger partial charge >= 0.3 is 0 Å². The molecular formula is C11H6BrNO2S2. The van der Waals surface area contributed by atoms with Crippen LogP contribution in [-0.2, 0) is 4.79 Å². The average Bonchev–Trinajstić information content (AvgIpc) is 2.79. The summed E-state index contributed by atoms with van der Waals surface area (Å²) in [5.41, 5.74) is 0. The molecule has 0 unspecified atom stereocenters. The first-order valence-corrected chi connectivity index (χ1v) is 6.98. The molecule has 1 saturated heterocycles. The molecule has 0 bridgehead atoms. The molecule has 1 aliphatic heterocycles. The van der Waals surface area contributed by atoms with Crippen molar-refractivity contribution in [1.29, 1.82) is 0 Å². The standard InChI is InChI=1S/C11H6BrNO2S2/c1-2-5-13-10(14)8(17-11(13)15)6-7-3-4-9(12)16-7/h1,3-4,6H,5H2/b8-6+. The van der Waals surface area contributed by atoms with Crippen LogP contribution >= 0.6 is 39.0 Å². The average molecular weight is 328 g/mol. The first-order valence-electron chi connectivity index (χ1n) is 4.56. The molecule has 1 aromatic heterocycles. The van der Waals surface area contributed by atoms with E-state index >= 15 is 0 Å². The van der Waals surface area contributed by atoms with E-state index in [9.17, 15) is 9.59 Å². The van der Waals surface area contributed by atoms with Crippen LogP contribution in [0.2, 0.25) is 0 Å². The normalized spacial score (nSPS) is 17.9. The van der Waals surface area contributed by atoms with E-state index in [0.717, 1.165) is 25.3 Å². The second-order valence-electron chi connectivity index (χ2n) is 3.11. The topological polar surface area (TPSA) is 37.4 Å². The van der Waals surface area contributed by atoms with Crippen LogP contribution in [0.25, 0.3) is 6.08 Å². The molecule has 6 heteroatoms. The smallest absolute Gasteiger partial charge is 0.268 e. The lowest BCUT2D eigenvalue weighted by Gasteiger charge is -2.06. The van der Waals surface area contributed by atoms with Crippen molar-refractivity contribution >= 4 is 56.3 Å². The van der Waals surface area contributed by atoms with Gasteiger partial charge in [0, 0.05) is 4.88 Å². The number of amides is 2. The van der Waals surface area contributed by atoms with E-state index < -0.39 is 0 Å². The molecule has 0 saturated carbocycles. The number of terminal acetylenes is 1. The summed E-state index contributed by atoms with van der Waals surface area (Å²) in [5, 5.41) is -0.310. The Balaban J connectivity index is 2.25. The maximum Gasteiger partial charge on any atom is 0.294 e. The van der Waals surface area contributed by atoms with Gasteiger partial charge in [0.1, 0.15) is 0 Å². The predicted octanol–water partition coefficient (Wildman–Crippen LogP) is 3.18. The van der Waals surface area contributed by atoms with Gasteiger partial charge in [0.2, 0.25) is 0 Å². The minimum Gasteiger partial charge on any atom is -0.268 e. The van der Waals surface area contributed by atoms with Gasteiger partial charge in [-0.2, -0.15) is 0 Å². The molecule has 86 valence electrons. The molecule has 2 heterocycles. The van der Waals surface area contributed by atoms with Crippen LogP contribution < -0.4 is 0 Å². The van der Waals surface area contributed by atoms with Gasteiger partial charge in [0.15, 0.2) is 0 Å². The second-order valence-corrected chi connectivity index (χ2v) is 6.60. The number of thioether (sulfide) groups is 1. The Hall–Kier alpha value is -1.03. The third kappa shape index (κ3) is 2.63. The lowest BCUT2D eigenvalue weighted by molar-refractivity contribution is -0.122. The summed E-state index contributed by atoms with van der Waals surface area (Å²) in [6, 6.07) is 3.77. The number of thiophene rings is 1. The van der Waals surface area contributed by atoms with Crippen molar-refractivity contribution < 1.29 is 9.59 Å². The highest BCUT2D eigenvalue weighted by atomic mass is 79.9. The molecule has 0 aromatic carbocycles. The number of carbonyl (C=O) groups is 2. The van der Waals surface area contributed by atoms with E-state index in [1.807, 2.05) is 12.1 Å². The van der Waals surface area contributed by atoms with Crippen molar-refractivity contribution in [2.45, 2.75) is 0 Å². The molecule has 2 rings (SSSR count). The van der Waals surface area contributed by atoms with Crippen LogP contribution in [0.3, 0.4) is 0 Å². The van der Waals surface area contributed by atoms with Gasteiger partial charge < -0.3 is 0 Å². The number of nitrogens with zero attached hydrogens (tertiary/aromatic N) is 1. The molecule has 0 atom stereocenters. The molecule has 1 aromatic rings. The Bertz CT molecular complexity index is 556. The van der Waals surface area contributed by atoms with Crippen molar-refractivity contribution in [3.05, 3.63) is 25.7 Å². The van der Waals surface area contributed by atoms with E-state index in [-0.39, 0.29) is 17.7 Å². The maximum absolute atomic E-state index is 11.8. The van der Waals surface area contributed by atoms with E-state index in [2.05, 4.69) is 21.9 Å². The fourth-order valence-electron chi connectivity index (χ4n) is 1.26. The van der Waals surface area contributed by atoms with E-state index in [1.165, 1.54) is 11.3 Å². The lowest BCUT2D eigenvalue weighted by atomic mass is 10.4. The largest absolute Gasteiger partial charge is 0.294 e. The number of hydrogen-bond acceptors (Lipinski definition) is 4. The highest BCUT2D eigenvalue weighted by molar-refractivity contribution is 9.11. The van der Waals surface area contributed by atoms with Crippen LogP contribution in [0.5, 0.6) is 0 Å². The van der Waals surface area contributed by atoms with E-state index in [1.54, 1.807) is 6.08 Å². The summed E-state index contributed by atoms with van der Waals surface area (Å²) >= 11 is 5.76. The Morgan fingerprint density at radius 2 is 2.24 bits per heavy atom. The number of imide groups is 1. The van der Waals surface area contributed by atoms with Crippen LogP contribution in [0.1, 0.15) is 4.88 Å². The summed E-state index contributed by atoms with van der Waals surface area (Å²) < 4.78 is 0.978. The third-order valence-electron chi connectivity index (χ3n) is 1.99. The fourth-order valence-corrected chi connectivity index (χ4v) is 3.53. The third-order valence-corrected chi connectivity index (χ3v) is 4.47. The van der Waals surface area contributed by atoms with Gasteiger partial charge in [-0.25, -0.2) is 0 Å². The lowest BCUT2D eigenvalue weighted by Crippen LogP contribution is -2.28. The zero-order valence-corrected chi connectivity index (χ0v) is 11.7. The summed E-state index contributed by atoms with van der Waals surface area (Å²) in [4.78, 5) is 25.7. The highest BCUT2D eigenvalue weighted by Crippen LogP contribution is 2.33. The number of halogens is 1. The number of hydrogen-bond donors (Lipinski definition) is 0. The van der Waals surface area contributed by atoms with Crippen molar-refractivity contribution in [1.82, 2.24) is 4.90 Å². The van der Waals surface area contributed by atoms with Gasteiger partial charge in [0.25, 0.3) is 11.1 Å². The minimum atomic E-state index is -0.317. The predicted molar refractivity (Wildman–Crippen MR) is 73.5 cm³/mol. The molecule has 0 spiro atoms. The summed E-state index contributed by atoms with van der Waals surface area (Å²) in [6.07, 6.45) is 6.81. The van der Waals surface area contributed by atoms with E-state index in [0.29, 0.717) is 4.91 Å². The van der Waals surface area contributed by atoms with Crippen LogP contribution in [0.15, 0.2) is 20.8 Å². The first kappa shape index (κ1) is 12.4. The monoisotopic (exact) mass is 327 g/mol. The molecule has 2 amide bonds. The molecular weight excluding hydrogens is 322 g/mol. The van der Waals surface area contributed by atoms with Crippen LogP contribution in [0, 0.1) is 12.3 Å². The van der Waals surface area contributed by atoms with Gasteiger partial charge in [-0.05, 0) is 45.9 Å². The molecule has 0 N–H and O–H groups in total. The molecule has 3 nitrogen and oxygen atoms in total. The molecule has 1 aliphatic rings. The van der Waals surface area contributed by atoms with Gasteiger partial charge in [-0.1, -0.05) is 5.92 Å². The SMILES string of the molecule is C#CCN1C(=O)S/C(=C/c2ccc(Br)s2)C1=O. The molecule has 17 heavy (non-hydrogen) atoms.